The zero-order valence-corrected chi connectivity index (χ0v) is 13.4. The Balaban J connectivity index is 1.79. The number of benzene rings is 1. The normalized spacial score (nSPS) is 17.5. The van der Waals surface area contributed by atoms with Crippen LogP contribution in [0.3, 0.4) is 0 Å². The van der Waals surface area contributed by atoms with Crippen molar-refractivity contribution in [1.82, 2.24) is 15.1 Å². The van der Waals surface area contributed by atoms with E-state index in [9.17, 15) is 9.59 Å². The molecule has 0 aliphatic carbocycles. The number of nitrogens with one attached hydrogen (secondary N) is 1. The van der Waals surface area contributed by atoms with E-state index in [1.807, 2.05) is 30.3 Å². The molecule has 7 heteroatoms. The third-order valence-electron chi connectivity index (χ3n) is 3.70. The summed E-state index contributed by atoms with van der Waals surface area (Å²) >= 11 is 0. The molecule has 0 radical (unpaired) electrons. The Morgan fingerprint density at radius 1 is 1.33 bits per heavy atom. The molecule has 1 amide bonds. The summed E-state index contributed by atoms with van der Waals surface area (Å²) < 4.78 is 12.3. The van der Waals surface area contributed by atoms with Gasteiger partial charge in [-0.05, 0) is 19.1 Å². The fourth-order valence-corrected chi connectivity index (χ4v) is 2.48. The second-order valence-corrected chi connectivity index (χ2v) is 5.52. The van der Waals surface area contributed by atoms with Crippen LogP contribution in [0, 0.1) is 6.92 Å². The lowest BCUT2D eigenvalue weighted by Gasteiger charge is -2.23. The molecule has 0 spiro atoms. The number of para-hydroxylation sites is 1. The number of ether oxygens (including phenoxy) is 2. The molecule has 1 saturated heterocycles. The largest absolute Gasteiger partial charge is 0.376 e. The fourth-order valence-electron chi connectivity index (χ4n) is 2.48. The first-order chi connectivity index (χ1) is 11.6. The standard InChI is InChI=1S/C17H19N3O4/c1-12-9-15(21)16(19-20(12)13-5-3-2-4-6-13)17(22)18-10-14-11-23-7-8-24-14/h2-6,9,14H,7-8,10-11H2,1H3,(H,18,22)/t14-/m1/s1. The average molecular weight is 329 g/mol. The van der Waals surface area contributed by atoms with Gasteiger partial charge in [0.15, 0.2) is 5.69 Å². The minimum absolute atomic E-state index is 0.138. The Morgan fingerprint density at radius 2 is 2.12 bits per heavy atom. The van der Waals surface area contributed by atoms with Crippen LogP contribution in [0.25, 0.3) is 5.69 Å². The van der Waals surface area contributed by atoms with Crippen LogP contribution in [-0.2, 0) is 9.47 Å². The third-order valence-corrected chi connectivity index (χ3v) is 3.70. The highest BCUT2D eigenvalue weighted by atomic mass is 16.6. The molecule has 1 fully saturated rings. The van der Waals surface area contributed by atoms with Crippen LogP contribution in [-0.4, -0.2) is 48.2 Å². The Labute approximate surface area is 139 Å². The Kier molecular flexibility index (Phi) is 5.02. The Hall–Kier alpha value is -2.51. The van der Waals surface area contributed by atoms with E-state index in [-0.39, 0.29) is 18.3 Å². The number of hydrogen-bond acceptors (Lipinski definition) is 5. The molecular formula is C17H19N3O4. The van der Waals surface area contributed by atoms with E-state index in [2.05, 4.69) is 10.4 Å². The molecule has 2 heterocycles. The van der Waals surface area contributed by atoms with Crippen molar-refractivity contribution in [2.24, 2.45) is 0 Å². The predicted octanol–water partition coefficient (Wildman–Crippen LogP) is 0.686. The fraction of sp³-hybridized carbons (Fsp3) is 0.353. The number of hydrogen-bond donors (Lipinski definition) is 1. The van der Waals surface area contributed by atoms with E-state index in [4.69, 9.17) is 9.47 Å². The second-order valence-electron chi connectivity index (χ2n) is 5.52. The minimum atomic E-state index is -0.515. The van der Waals surface area contributed by atoms with Crippen LogP contribution in [0.1, 0.15) is 16.2 Å². The number of carbonyl (C=O) groups excluding carboxylic acids is 1. The topological polar surface area (TPSA) is 82.5 Å². The number of aromatic nitrogens is 2. The maximum absolute atomic E-state index is 12.3. The van der Waals surface area contributed by atoms with Gasteiger partial charge in [0.1, 0.15) is 0 Å². The van der Waals surface area contributed by atoms with Gasteiger partial charge in [-0.3, -0.25) is 9.59 Å². The maximum atomic E-state index is 12.3. The van der Waals surface area contributed by atoms with E-state index < -0.39 is 11.3 Å². The van der Waals surface area contributed by atoms with Gasteiger partial charge in [0.05, 0.1) is 31.6 Å². The first-order valence-corrected chi connectivity index (χ1v) is 7.79. The van der Waals surface area contributed by atoms with E-state index in [1.165, 1.54) is 6.07 Å². The first kappa shape index (κ1) is 16.4. The SMILES string of the molecule is Cc1cc(=O)c(C(=O)NC[C@@H]2COCCO2)nn1-c1ccccc1. The van der Waals surface area contributed by atoms with Gasteiger partial charge in [-0.2, -0.15) is 5.10 Å². The number of nitrogens with zero attached hydrogens (tertiary/aromatic N) is 2. The van der Waals surface area contributed by atoms with Crippen LogP contribution in [0.15, 0.2) is 41.2 Å². The Bertz CT molecular complexity index is 767. The molecule has 1 aromatic heterocycles. The van der Waals surface area contributed by atoms with Crippen molar-refractivity contribution in [3.05, 3.63) is 58.0 Å². The molecule has 0 saturated carbocycles. The lowest BCUT2D eigenvalue weighted by Crippen LogP contribution is -2.41. The Morgan fingerprint density at radius 3 is 2.83 bits per heavy atom. The molecule has 1 aliphatic rings. The second kappa shape index (κ2) is 7.37. The van der Waals surface area contributed by atoms with Crippen molar-refractivity contribution in [3.63, 3.8) is 0 Å². The van der Waals surface area contributed by atoms with Crippen LogP contribution >= 0.6 is 0 Å². The predicted molar refractivity (Wildman–Crippen MR) is 87.5 cm³/mol. The molecule has 126 valence electrons. The molecule has 3 rings (SSSR count). The molecule has 1 aromatic carbocycles. The molecule has 1 aliphatic heterocycles. The smallest absolute Gasteiger partial charge is 0.275 e. The van der Waals surface area contributed by atoms with Crippen molar-refractivity contribution < 1.29 is 14.3 Å². The number of aryl methyl sites for hydroxylation is 1. The van der Waals surface area contributed by atoms with Crippen LogP contribution < -0.4 is 10.7 Å². The third kappa shape index (κ3) is 3.69. The van der Waals surface area contributed by atoms with E-state index >= 15 is 0 Å². The summed E-state index contributed by atoms with van der Waals surface area (Å²) in [5.41, 5.74) is 0.902. The minimum Gasteiger partial charge on any atom is -0.376 e. The van der Waals surface area contributed by atoms with Gasteiger partial charge in [-0.25, -0.2) is 4.68 Å². The molecule has 1 N–H and O–H groups in total. The van der Waals surface area contributed by atoms with Gasteiger partial charge >= 0.3 is 0 Å². The van der Waals surface area contributed by atoms with Gasteiger partial charge in [-0.15, -0.1) is 0 Å². The van der Waals surface area contributed by atoms with E-state index in [0.717, 1.165) is 5.69 Å². The highest BCUT2D eigenvalue weighted by molar-refractivity contribution is 5.92. The lowest BCUT2D eigenvalue weighted by molar-refractivity contribution is -0.0855. The quantitative estimate of drug-likeness (QED) is 0.892. The number of amides is 1. The first-order valence-electron chi connectivity index (χ1n) is 7.79. The van der Waals surface area contributed by atoms with Gasteiger partial charge in [-0.1, -0.05) is 18.2 Å². The maximum Gasteiger partial charge on any atom is 0.275 e. The molecule has 24 heavy (non-hydrogen) atoms. The molecule has 1 atom stereocenters. The summed E-state index contributed by atoms with van der Waals surface area (Å²) in [6.07, 6.45) is -0.204. The van der Waals surface area contributed by atoms with Gasteiger partial charge in [0, 0.05) is 18.3 Å². The zero-order chi connectivity index (χ0) is 16.9. The zero-order valence-electron chi connectivity index (χ0n) is 13.4. The number of carbonyl (C=O) groups is 1. The van der Waals surface area contributed by atoms with Crippen molar-refractivity contribution in [1.29, 1.82) is 0 Å². The number of rotatable bonds is 4. The molecule has 0 unspecified atom stereocenters. The summed E-state index contributed by atoms with van der Waals surface area (Å²) in [7, 11) is 0. The summed E-state index contributed by atoms with van der Waals surface area (Å²) in [5.74, 6) is -0.515. The highest BCUT2D eigenvalue weighted by Gasteiger charge is 2.19. The van der Waals surface area contributed by atoms with Gasteiger partial charge < -0.3 is 14.8 Å². The summed E-state index contributed by atoms with van der Waals surface area (Å²) in [5, 5.41) is 6.91. The molecule has 2 aromatic rings. The van der Waals surface area contributed by atoms with Crippen LogP contribution in [0.5, 0.6) is 0 Å². The van der Waals surface area contributed by atoms with Gasteiger partial charge in [0.25, 0.3) is 5.91 Å². The van der Waals surface area contributed by atoms with E-state index in [0.29, 0.717) is 25.5 Å². The van der Waals surface area contributed by atoms with Crippen molar-refractivity contribution in [2.75, 3.05) is 26.4 Å². The van der Waals surface area contributed by atoms with E-state index in [1.54, 1.807) is 11.6 Å². The molecule has 7 nitrogen and oxygen atoms in total. The van der Waals surface area contributed by atoms with Crippen molar-refractivity contribution in [2.45, 2.75) is 13.0 Å². The summed E-state index contributed by atoms with van der Waals surface area (Å²) in [6, 6.07) is 10.8. The summed E-state index contributed by atoms with van der Waals surface area (Å²) in [6.45, 7) is 3.54. The summed E-state index contributed by atoms with van der Waals surface area (Å²) in [4.78, 5) is 24.4. The molecular weight excluding hydrogens is 310 g/mol. The monoisotopic (exact) mass is 329 g/mol. The lowest BCUT2D eigenvalue weighted by atomic mass is 10.2. The average Bonchev–Trinajstić information content (AvgIpc) is 2.61. The molecule has 0 bridgehead atoms. The van der Waals surface area contributed by atoms with Gasteiger partial charge in [0.2, 0.25) is 5.43 Å². The van der Waals surface area contributed by atoms with Crippen LogP contribution in [0.2, 0.25) is 0 Å². The van der Waals surface area contributed by atoms with Crippen molar-refractivity contribution >= 4 is 5.91 Å². The van der Waals surface area contributed by atoms with Crippen molar-refractivity contribution in [3.8, 4) is 5.69 Å². The highest BCUT2D eigenvalue weighted by Crippen LogP contribution is 2.08. The van der Waals surface area contributed by atoms with Crippen LogP contribution in [0.4, 0.5) is 0 Å².